The van der Waals surface area contributed by atoms with Crippen LogP contribution in [0.25, 0.3) is 0 Å². The van der Waals surface area contributed by atoms with E-state index in [0.717, 1.165) is 25.6 Å². The third-order valence-corrected chi connectivity index (χ3v) is 4.71. The number of anilines is 1. The SMILES string of the molecule is Cc1cccc2c1N(CC1CCCCC1)CCNC2. The molecule has 0 amide bonds. The summed E-state index contributed by atoms with van der Waals surface area (Å²) in [6.07, 6.45) is 7.21. The first-order chi connectivity index (χ1) is 9.34. The van der Waals surface area contributed by atoms with Crippen molar-refractivity contribution >= 4 is 5.69 Å². The number of hydrogen-bond donors (Lipinski definition) is 1. The minimum absolute atomic E-state index is 0.916. The Morgan fingerprint density at radius 1 is 1.21 bits per heavy atom. The Balaban J connectivity index is 1.81. The van der Waals surface area contributed by atoms with Crippen molar-refractivity contribution in [1.29, 1.82) is 0 Å². The second kappa shape index (κ2) is 5.96. The third-order valence-electron chi connectivity index (χ3n) is 4.71. The molecule has 1 aromatic rings. The Hall–Kier alpha value is -1.02. The highest BCUT2D eigenvalue weighted by Gasteiger charge is 2.21. The number of aryl methyl sites for hydroxylation is 1. The van der Waals surface area contributed by atoms with Gasteiger partial charge in [0, 0.05) is 31.9 Å². The predicted octanol–water partition coefficient (Wildman–Crippen LogP) is 3.48. The summed E-state index contributed by atoms with van der Waals surface area (Å²) >= 11 is 0. The molecule has 19 heavy (non-hydrogen) atoms. The number of nitrogens with zero attached hydrogens (tertiary/aromatic N) is 1. The number of rotatable bonds is 2. The van der Waals surface area contributed by atoms with Gasteiger partial charge in [-0.05, 0) is 36.8 Å². The van der Waals surface area contributed by atoms with Gasteiger partial charge in [0.1, 0.15) is 0 Å². The summed E-state index contributed by atoms with van der Waals surface area (Å²) in [4.78, 5) is 2.65. The molecule has 1 fully saturated rings. The lowest BCUT2D eigenvalue weighted by molar-refractivity contribution is 0.358. The van der Waals surface area contributed by atoms with Gasteiger partial charge in [-0.2, -0.15) is 0 Å². The molecule has 1 saturated carbocycles. The molecule has 104 valence electrons. The van der Waals surface area contributed by atoms with E-state index in [1.807, 2.05) is 0 Å². The number of fused-ring (bicyclic) bond motifs is 1. The average molecular weight is 258 g/mol. The van der Waals surface area contributed by atoms with Gasteiger partial charge in [-0.25, -0.2) is 0 Å². The van der Waals surface area contributed by atoms with Crippen LogP contribution in [0.5, 0.6) is 0 Å². The van der Waals surface area contributed by atoms with E-state index in [4.69, 9.17) is 0 Å². The maximum Gasteiger partial charge on any atom is 0.0442 e. The number of hydrogen-bond acceptors (Lipinski definition) is 2. The first kappa shape index (κ1) is 13.0. The molecule has 0 spiro atoms. The molecule has 0 aromatic heterocycles. The lowest BCUT2D eigenvalue weighted by atomic mass is 9.88. The van der Waals surface area contributed by atoms with Crippen LogP contribution in [0.1, 0.15) is 43.2 Å². The van der Waals surface area contributed by atoms with Crippen molar-refractivity contribution in [3.63, 3.8) is 0 Å². The summed E-state index contributed by atoms with van der Waals surface area (Å²) < 4.78 is 0. The zero-order valence-corrected chi connectivity index (χ0v) is 12.1. The number of nitrogens with one attached hydrogen (secondary N) is 1. The lowest BCUT2D eigenvalue weighted by Gasteiger charge is -2.32. The van der Waals surface area contributed by atoms with Crippen LogP contribution in [0.15, 0.2) is 18.2 Å². The summed E-state index contributed by atoms with van der Waals surface area (Å²) in [5.41, 5.74) is 4.43. The van der Waals surface area contributed by atoms with Crippen molar-refractivity contribution in [2.45, 2.75) is 45.6 Å². The summed E-state index contributed by atoms with van der Waals surface area (Å²) in [5.74, 6) is 0.916. The zero-order valence-electron chi connectivity index (χ0n) is 12.1. The molecule has 2 aliphatic rings. The molecule has 0 atom stereocenters. The highest BCUT2D eigenvalue weighted by atomic mass is 15.2. The van der Waals surface area contributed by atoms with Crippen molar-refractivity contribution in [3.05, 3.63) is 29.3 Å². The zero-order chi connectivity index (χ0) is 13.1. The maximum atomic E-state index is 3.56. The first-order valence-corrected chi connectivity index (χ1v) is 7.89. The summed E-state index contributed by atoms with van der Waals surface area (Å²) in [6.45, 7) is 6.82. The Morgan fingerprint density at radius 3 is 2.89 bits per heavy atom. The van der Waals surface area contributed by atoms with Gasteiger partial charge in [-0.3, -0.25) is 0 Å². The van der Waals surface area contributed by atoms with Crippen LogP contribution in [0.2, 0.25) is 0 Å². The smallest absolute Gasteiger partial charge is 0.0442 e. The molecule has 1 aromatic carbocycles. The van der Waals surface area contributed by atoms with Crippen molar-refractivity contribution in [2.24, 2.45) is 5.92 Å². The van der Waals surface area contributed by atoms with Gasteiger partial charge >= 0.3 is 0 Å². The molecule has 1 aliphatic heterocycles. The van der Waals surface area contributed by atoms with Crippen LogP contribution in [0.3, 0.4) is 0 Å². The van der Waals surface area contributed by atoms with Crippen LogP contribution >= 0.6 is 0 Å². The van der Waals surface area contributed by atoms with Crippen LogP contribution in [0, 0.1) is 12.8 Å². The van der Waals surface area contributed by atoms with E-state index < -0.39 is 0 Å². The van der Waals surface area contributed by atoms with Crippen LogP contribution < -0.4 is 10.2 Å². The second-order valence-corrected chi connectivity index (χ2v) is 6.21. The van der Waals surface area contributed by atoms with Crippen LogP contribution in [-0.2, 0) is 6.54 Å². The van der Waals surface area contributed by atoms with E-state index in [-0.39, 0.29) is 0 Å². The van der Waals surface area contributed by atoms with Crippen molar-refractivity contribution in [3.8, 4) is 0 Å². The summed E-state index contributed by atoms with van der Waals surface area (Å²) in [5, 5.41) is 3.56. The fourth-order valence-electron chi connectivity index (χ4n) is 3.73. The fraction of sp³-hybridized carbons (Fsp3) is 0.647. The third kappa shape index (κ3) is 2.94. The fourth-order valence-corrected chi connectivity index (χ4v) is 3.73. The van der Waals surface area contributed by atoms with Gasteiger partial charge in [-0.1, -0.05) is 37.5 Å². The molecule has 2 nitrogen and oxygen atoms in total. The van der Waals surface area contributed by atoms with Gasteiger partial charge in [0.25, 0.3) is 0 Å². The van der Waals surface area contributed by atoms with E-state index >= 15 is 0 Å². The minimum Gasteiger partial charge on any atom is -0.370 e. The van der Waals surface area contributed by atoms with Crippen molar-refractivity contribution < 1.29 is 0 Å². The summed E-state index contributed by atoms with van der Waals surface area (Å²) in [6, 6.07) is 6.74. The van der Waals surface area contributed by atoms with Gasteiger partial charge in [0.2, 0.25) is 0 Å². The quantitative estimate of drug-likeness (QED) is 0.873. The molecule has 0 radical (unpaired) electrons. The van der Waals surface area contributed by atoms with E-state index in [0.29, 0.717) is 0 Å². The predicted molar refractivity (Wildman–Crippen MR) is 81.7 cm³/mol. The van der Waals surface area contributed by atoms with Crippen LogP contribution in [-0.4, -0.2) is 19.6 Å². The molecule has 1 aliphatic carbocycles. The monoisotopic (exact) mass is 258 g/mol. The molecule has 3 rings (SSSR count). The number of benzene rings is 1. The Bertz CT molecular complexity index is 421. The standard InChI is InChI=1S/C17H26N2/c1-14-6-5-9-16-12-18-10-11-19(17(14)16)13-15-7-3-2-4-8-15/h5-6,9,15,18H,2-4,7-8,10-13H2,1H3. The molecular formula is C17H26N2. The largest absolute Gasteiger partial charge is 0.370 e. The van der Waals surface area contributed by atoms with E-state index in [9.17, 15) is 0 Å². The summed E-state index contributed by atoms with van der Waals surface area (Å²) in [7, 11) is 0. The normalized spacial score (nSPS) is 21.0. The van der Waals surface area contributed by atoms with Gasteiger partial charge in [0.15, 0.2) is 0 Å². The van der Waals surface area contributed by atoms with Gasteiger partial charge in [-0.15, -0.1) is 0 Å². The molecule has 0 unspecified atom stereocenters. The van der Waals surface area contributed by atoms with E-state index in [1.54, 1.807) is 0 Å². The van der Waals surface area contributed by atoms with Gasteiger partial charge < -0.3 is 10.2 Å². The van der Waals surface area contributed by atoms with Crippen molar-refractivity contribution in [2.75, 3.05) is 24.5 Å². The highest BCUT2D eigenvalue weighted by Crippen LogP contribution is 2.30. The van der Waals surface area contributed by atoms with Gasteiger partial charge in [0.05, 0.1) is 0 Å². The molecule has 1 heterocycles. The molecule has 2 heteroatoms. The highest BCUT2D eigenvalue weighted by molar-refractivity contribution is 5.60. The maximum absolute atomic E-state index is 3.56. The molecule has 1 N–H and O–H groups in total. The van der Waals surface area contributed by atoms with Crippen LogP contribution in [0.4, 0.5) is 5.69 Å². The molecule has 0 saturated heterocycles. The second-order valence-electron chi connectivity index (χ2n) is 6.21. The number of para-hydroxylation sites is 1. The van der Waals surface area contributed by atoms with E-state index in [2.05, 4.69) is 35.3 Å². The van der Waals surface area contributed by atoms with Crippen molar-refractivity contribution in [1.82, 2.24) is 5.32 Å². The van der Waals surface area contributed by atoms with E-state index in [1.165, 1.54) is 55.5 Å². The Morgan fingerprint density at radius 2 is 2.05 bits per heavy atom. The topological polar surface area (TPSA) is 15.3 Å². The molecular weight excluding hydrogens is 232 g/mol. The Kier molecular flexibility index (Phi) is 4.07. The minimum atomic E-state index is 0.916. The average Bonchev–Trinajstić information content (AvgIpc) is 2.64. The lowest BCUT2D eigenvalue weighted by Crippen LogP contribution is -2.34. The Labute approximate surface area is 117 Å². The molecule has 0 bridgehead atoms. The first-order valence-electron chi connectivity index (χ1n) is 7.89.